The van der Waals surface area contributed by atoms with Crippen molar-refractivity contribution in [2.75, 3.05) is 4.90 Å². The molecule has 0 atom stereocenters. The second-order valence-electron chi connectivity index (χ2n) is 15.6. The molecule has 0 unspecified atom stereocenters. The first-order valence-electron chi connectivity index (χ1n) is 20.3. The average Bonchev–Trinajstić information content (AvgIpc) is 3.88. The molecular formula is C54H32BNO4. The molecule has 0 bridgehead atoms. The molecule has 13 rings (SSSR count). The summed E-state index contributed by atoms with van der Waals surface area (Å²) >= 11 is 0. The lowest BCUT2D eigenvalue weighted by Gasteiger charge is -2.35. The van der Waals surface area contributed by atoms with Gasteiger partial charge in [0.2, 0.25) is 0 Å². The van der Waals surface area contributed by atoms with Crippen LogP contribution in [0.15, 0.2) is 203 Å². The molecule has 280 valence electrons. The first-order valence-corrected chi connectivity index (χ1v) is 20.3. The first-order chi connectivity index (χ1) is 29.7. The number of ether oxygens (including phenoxy) is 2. The monoisotopic (exact) mass is 769 g/mol. The van der Waals surface area contributed by atoms with Crippen molar-refractivity contribution < 1.29 is 18.3 Å². The van der Waals surface area contributed by atoms with Crippen molar-refractivity contribution in [3.05, 3.63) is 194 Å². The molecule has 0 amide bonds. The Balaban J connectivity index is 1.02. The van der Waals surface area contributed by atoms with Crippen LogP contribution in [-0.2, 0) is 0 Å². The zero-order valence-corrected chi connectivity index (χ0v) is 32.1. The largest absolute Gasteiger partial charge is 0.458 e. The number of para-hydroxylation sites is 4. The number of furan rings is 2. The molecule has 0 radical (unpaired) electrons. The van der Waals surface area contributed by atoms with E-state index in [0.29, 0.717) is 0 Å². The van der Waals surface area contributed by atoms with E-state index in [0.717, 1.165) is 123 Å². The predicted molar refractivity (Wildman–Crippen MR) is 244 cm³/mol. The van der Waals surface area contributed by atoms with E-state index in [4.69, 9.17) is 18.3 Å². The number of hydrogen-bond donors (Lipinski definition) is 0. The Morgan fingerprint density at radius 1 is 0.350 bits per heavy atom. The third kappa shape index (κ3) is 4.94. The molecule has 60 heavy (non-hydrogen) atoms. The standard InChI is InChI=1S/C54H32BNO4/c1-3-13-35(14-4-1)56(36-15-5-2-6-16-36)37-31-50-54-51(32-37)60-49-30-34(39-20-12-24-47-53(39)41-18-8-10-22-45(41)58-47)26-28-43(49)55(54)42-27-25-33(29-48(42)59-50)38-19-11-23-46-52(38)40-17-7-9-21-44(40)57-46/h1-32H. The first kappa shape index (κ1) is 33.1. The Hall–Kier alpha value is -7.96. The fourth-order valence-corrected chi connectivity index (χ4v) is 9.57. The van der Waals surface area contributed by atoms with Crippen molar-refractivity contribution in [3.63, 3.8) is 0 Å². The molecule has 5 nitrogen and oxygen atoms in total. The average molecular weight is 770 g/mol. The summed E-state index contributed by atoms with van der Waals surface area (Å²) in [5.74, 6) is 3.17. The van der Waals surface area contributed by atoms with Gasteiger partial charge in [0.05, 0.1) is 5.69 Å². The lowest BCUT2D eigenvalue weighted by atomic mass is 9.34. The van der Waals surface area contributed by atoms with E-state index in [1.165, 1.54) is 0 Å². The van der Waals surface area contributed by atoms with E-state index in [9.17, 15) is 0 Å². The van der Waals surface area contributed by atoms with Crippen LogP contribution >= 0.6 is 0 Å². The van der Waals surface area contributed by atoms with Crippen molar-refractivity contribution in [1.82, 2.24) is 0 Å². The van der Waals surface area contributed by atoms with Crippen molar-refractivity contribution >= 4 is 84.0 Å². The van der Waals surface area contributed by atoms with E-state index >= 15 is 0 Å². The molecule has 11 aromatic rings. The summed E-state index contributed by atoms with van der Waals surface area (Å²) < 4.78 is 26.8. The number of benzene rings is 9. The van der Waals surface area contributed by atoms with Gasteiger partial charge in [0.1, 0.15) is 45.3 Å². The van der Waals surface area contributed by atoms with E-state index < -0.39 is 0 Å². The number of rotatable bonds is 5. The molecule has 6 heteroatoms. The summed E-state index contributed by atoms with van der Waals surface area (Å²) in [5.41, 5.74) is 14.0. The van der Waals surface area contributed by atoms with Gasteiger partial charge in [-0.05, 0) is 93.8 Å². The minimum absolute atomic E-state index is 0.127. The van der Waals surface area contributed by atoms with Gasteiger partial charge in [-0.25, -0.2) is 0 Å². The van der Waals surface area contributed by atoms with Gasteiger partial charge >= 0.3 is 0 Å². The molecule has 0 aliphatic carbocycles. The van der Waals surface area contributed by atoms with E-state index in [-0.39, 0.29) is 6.71 Å². The van der Waals surface area contributed by atoms with Gasteiger partial charge in [-0.1, -0.05) is 121 Å². The number of hydrogen-bond acceptors (Lipinski definition) is 5. The highest BCUT2D eigenvalue weighted by molar-refractivity contribution is 6.98. The highest BCUT2D eigenvalue weighted by Crippen LogP contribution is 2.45. The maximum Gasteiger partial charge on any atom is 0.260 e. The minimum atomic E-state index is -0.127. The van der Waals surface area contributed by atoms with Gasteiger partial charge in [-0.2, -0.15) is 0 Å². The van der Waals surface area contributed by atoms with Crippen molar-refractivity contribution in [1.29, 1.82) is 0 Å². The molecule has 0 saturated heterocycles. The van der Waals surface area contributed by atoms with Crippen molar-refractivity contribution in [2.45, 2.75) is 0 Å². The molecular weight excluding hydrogens is 737 g/mol. The van der Waals surface area contributed by atoms with Gasteiger partial charge in [0.15, 0.2) is 0 Å². The quantitative estimate of drug-likeness (QED) is 0.163. The summed E-state index contributed by atoms with van der Waals surface area (Å²) in [6.07, 6.45) is 0. The molecule has 0 N–H and O–H groups in total. The van der Waals surface area contributed by atoms with Crippen LogP contribution in [0.5, 0.6) is 23.0 Å². The molecule has 2 aliphatic heterocycles. The van der Waals surface area contributed by atoms with Gasteiger partial charge in [-0.3, -0.25) is 0 Å². The molecule has 2 aliphatic rings. The van der Waals surface area contributed by atoms with Gasteiger partial charge < -0.3 is 23.2 Å². The normalized spacial score (nSPS) is 12.6. The molecule has 2 aromatic heterocycles. The summed E-state index contributed by atoms with van der Waals surface area (Å²) in [6.45, 7) is -0.127. The lowest BCUT2D eigenvalue weighted by molar-refractivity contribution is 0.465. The summed E-state index contributed by atoms with van der Waals surface area (Å²) in [6, 6.07) is 67.6. The van der Waals surface area contributed by atoms with Crippen LogP contribution in [0.25, 0.3) is 66.1 Å². The Morgan fingerprint density at radius 2 is 0.800 bits per heavy atom. The molecule has 0 saturated carbocycles. The predicted octanol–water partition coefficient (Wildman–Crippen LogP) is 13.0. The lowest BCUT2D eigenvalue weighted by Crippen LogP contribution is -2.57. The fourth-order valence-electron chi connectivity index (χ4n) is 9.57. The SMILES string of the molecule is c1ccc(N(c2ccccc2)c2cc3c4c(c2)Oc2cc(-c5cccc6oc7ccccc7c56)ccc2B4c2ccc(-c4cccc5oc6ccccc6c45)cc2O3)cc1. The third-order valence-electron chi connectivity index (χ3n) is 12.2. The topological polar surface area (TPSA) is 48.0 Å². The minimum Gasteiger partial charge on any atom is -0.458 e. The van der Waals surface area contributed by atoms with Gasteiger partial charge in [0, 0.05) is 50.5 Å². The molecule has 9 aromatic carbocycles. The van der Waals surface area contributed by atoms with Crippen LogP contribution in [0.2, 0.25) is 0 Å². The van der Waals surface area contributed by atoms with Gasteiger partial charge in [0.25, 0.3) is 6.71 Å². The Kier molecular flexibility index (Phi) is 7.04. The number of fused-ring (bicyclic) bond motifs is 10. The maximum absolute atomic E-state index is 7.08. The van der Waals surface area contributed by atoms with E-state index in [2.05, 4.69) is 150 Å². The molecule has 0 spiro atoms. The highest BCUT2D eigenvalue weighted by atomic mass is 16.5. The fraction of sp³-hybridized carbons (Fsp3) is 0. The van der Waals surface area contributed by atoms with Crippen LogP contribution in [0.3, 0.4) is 0 Å². The second kappa shape index (κ2) is 12.8. The summed E-state index contributed by atoms with van der Waals surface area (Å²) in [4.78, 5) is 2.26. The summed E-state index contributed by atoms with van der Waals surface area (Å²) in [7, 11) is 0. The zero-order valence-electron chi connectivity index (χ0n) is 32.1. The number of anilines is 3. The van der Waals surface area contributed by atoms with Gasteiger partial charge in [-0.15, -0.1) is 0 Å². The number of nitrogens with zero attached hydrogens (tertiary/aromatic N) is 1. The van der Waals surface area contributed by atoms with Crippen LogP contribution in [-0.4, -0.2) is 6.71 Å². The Morgan fingerprint density at radius 3 is 1.30 bits per heavy atom. The zero-order chi connectivity index (χ0) is 39.3. The second-order valence-corrected chi connectivity index (χ2v) is 15.6. The van der Waals surface area contributed by atoms with Crippen LogP contribution < -0.4 is 30.8 Å². The Bertz CT molecular complexity index is 3290. The highest BCUT2D eigenvalue weighted by Gasteiger charge is 2.41. The maximum atomic E-state index is 7.08. The van der Waals surface area contributed by atoms with Crippen LogP contribution in [0.1, 0.15) is 0 Å². The summed E-state index contributed by atoms with van der Waals surface area (Å²) in [5, 5.41) is 4.38. The van der Waals surface area contributed by atoms with Crippen LogP contribution in [0.4, 0.5) is 17.1 Å². The van der Waals surface area contributed by atoms with Crippen LogP contribution in [0, 0.1) is 0 Å². The van der Waals surface area contributed by atoms with Crippen molar-refractivity contribution in [3.8, 4) is 45.3 Å². The smallest absolute Gasteiger partial charge is 0.260 e. The van der Waals surface area contributed by atoms with Crippen molar-refractivity contribution in [2.24, 2.45) is 0 Å². The van der Waals surface area contributed by atoms with E-state index in [1.807, 2.05) is 48.5 Å². The molecule has 0 fully saturated rings. The van der Waals surface area contributed by atoms with E-state index in [1.54, 1.807) is 0 Å². The molecule has 4 heterocycles. The third-order valence-corrected chi connectivity index (χ3v) is 12.2. The Labute approximate surface area is 345 Å².